The van der Waals surface area contributed by atoms with Crippen LogP contribution in [0.25, 0.3) is 11.3 Å². The van der Waals surface area contributed by atoms with Crippen LogP contribution in [0.4, 0.5) is 10.8 Å². The third kappa shape index (κ3) is 3.14. The number of aryl methyl sites for hydroxylation is 1. The fourth-order valence-corrected chi connectivity index (χ4v) is 3.01. The van der Waals surface area contributed by atoms with Gasteiger partial charge >= 0.3 is 0 Å². The highest BCUT2D eigenvalue weighted by atomic mass is 32.1. The molecule has 0 saturated carbocycles. The van der Waals surface area contributed by atoms with Crippen LogP contribution in [0.1, 0.15) is 18.2 Å². The van der Waals surface area contributed by atoms with E-state index in [2.05, 4.69) is 15.3 Å². The van der Waals surface area contributed by atoms with E-state index in [-0.39, 0.29) is 16.9 Å². The lowest BCUT2D eigenvalue weighted by atomic mass is 10.1. The minimum Gasteiger partial charge on any atom is -0.508 e. The molecule has 0 aliphatic rings. The minimum atomic E-state index is -0.379. The number of phenols is 1. The second kappa shape index (κ2) is 6.56. The maximum absolute atomic E-state index is 11.8. The predicted molar refractivity (Wildman–Crippen MR) is 93.7 cm³/mol. The predicted octanol–water partition coefficient (Wildman–Crippen LogP) is 3.38. The van der Waals surface area contributed by atoms with Crippen LogP contribution in [-0.4, -0.2) is 15.1 Å². The quantitative estimate of drug-likeness (QED) is 0.633. The highest BCUT2D eigenvalue weighted by Gasteiger charge is 2.12. The summed E-state index contributed by atoms with van der Waals surface area (Å²) < 4.78 is 0. The van der Waals surface area contributed by atoms with Crippen molar-refractivity contribution in [3.63, 3.8) is 0 Å². The summed E-state index contributed by atoms with van der Waals surface area (Å²) in [5, 5.41) is 24.1. The van der Waals surface area contributed by atoms with Crippen LogP contribution in [0, 0.1) is 11.3 Å². The zero-order valence-electron chi connectivity index (χ0n) is 12.8. The summed E-state index contributed by atoms with van der Waals surface area (Å²) in [6.07, 6.45) is 0.633. The van der Waals surface area contributed by atoms with Gasteiger partial charge in [0.2, 0.25) is 0 Å². The van der Waals surface area contributed by atoms with Crippen LogP contribution in [0.2, 0.25) is 0 Å². The first-order valence-corrected chi connectivity index (χ1v) is 8.17. The molecule has 24 heavy (non-hydrogen) atoms. The Hall–Kier alpha value is -3.11. The summed E-state index contributed by atoms with van der Waals surface area (Å²) in [5.74, 6) is 0.199. The summed E-state index contributed by atoms with van der Waals surface area (Å²) in [5.41, 5.74) is 2.71. The van der Waals surface area contributed by atoms with Crippen molar-refractivity contribution >= 4 is 22.2 Å². The van der Waals surface area contributed by atoms with Crippen LogP contribution < -0.4 is 10.9 Å². The van der Waals surface area contributed by atoms with Crippen molar-refractivity contribution in [2.24, 2.45) is 0 Å². The Morgan fingerprint density at radius 3 is 2.79 bits per heavy atom. The van der Waals surface area contributed by atoms with E-state index in [0.717, 1.165) is 16.9 Å². The average molecular weight is 338 g/mol. The first kappa shape index (κ1) is 15.8. The van der Waals surface area contributed by atoms with E-state index >= 15 is 0 Å². The Morgan fingerprint density at radius 1 is 1.38 bits per heavy atom. The molecular weight excluding hydrogens is 324 g/mol. The minimum absolute atomic E-state index is 0.0724. The zero-order chi connectivity index (χ0) is 17.1. The standard InChI is InChI=1S/C17H14N4O2S/c1-2-14-13(7-10(8-18)16(23)20-14)15-9-24-17(21-15)19-11-3-5-12(22)6-4-11/h3-7,9,22H,2H2,1H3,(H,19,21)(H,20,23). The fraction of sp³-hybridized carbons (Fsp3) is 0.118. The third-order valence-corrected chi connectivity index (χ3v) is 4.25. The fourth-order valence-electron chi connectivity index (χ4n) is 2.28. The molecule has 6 nitrogen and oxygen atoms in total. The monoisotopic (exact) mass is 338 g/mol. The number of aromatic hydroxyl groups is 1. The normalized spacial score (nSPS) is 10.3. The Morgan fingerprint density at radius 2 is 2.12 bits per heavy atom. The Balaban J connectivity index is 1.94. The largest absolute Gasteiger partial charge is 0.508 e. The molecule has 1 aromatic carbocycles. The topological polar surface area (TPSA) is 102 Å². The van der Waals surface area contributed by atoms with E-state index in [1.165, 1.54) is 11.3 Å². The maximum Gasteiger partial charge on any atom is 0.266 e. The van der Waals surface area contributed by atoms with Crippen molar-refractivity contribution in [1.29, 1.82) is 5.26 Å². The number of thiazole rings is 1. The van der Waals surface area contributed by atoms with Crippen molar-refractivity contribution in [1.82, 2.24) is 9.97 Å². The summed E-state index contributed by atoms with van der Waals surface area (Å²) in [7, 11) is 0. The molecule has 0 fully saturated rings. The number of aromatic amines is 1. The third-order valence-electron chi connectivity index (χ3n) is 3.50. The van der Waals surface area contributed by atoms with Gasteiger partial charge in [0.05, 0.1) is 5.69 Å². The number of phenolic OH excluding ortho intramolecular Hbond substituents is 1. The van der Waals surface area contributed by atoms with E-state index in [1.807, 2.05) is 18.4 Å². The van der Waals surface area contributed by atoms with Crippen molar-refractivity contribution in [2.75, 3.05) is 5.32 Å². The van der Waals surface area contributed by atoms with Gasteiger partial charge < -0.3 is 15.4 Å². The van der Waals surface area contributed by atoms with Gasteiger partial charge in [-0.3, -0.25) is 4.79 Å². The number of pyridine rings is 1. The molecule has 0 atom stereocenters. The first-order valence-electron chi connectivity index (χ1n) is 7.29. The number of hydrogen-bond acceptors (Lipinski definition) is 6. The first-order chi connectivity index (χ1) is 11.6. The lowest BCUT2D eigenvalue weighted by Gasteiger charge is -2.05. The number of benzene rings is 1. The van der Waals surface area contributed by atoms with Gasteiger partial charge in [0.25, 0.3) is 5.56 Å². The number of nitrogens with zero attached hydrogens (tertiary/aromatic N) is 2. The van der Waals surface area contributed by atoms with Crippen molar-refractivity contribution in [2.45, 2.75) is 13.3 Å². The van der Waals surface area contributed by atoms with Crippen molar-refractivity contribution < 1.29 is 5.11 Å². The van der Waals surface area contributed by atoms with Crippen molar-refractivity contribution in [3.8, 4) is 23.1 Å². The highest BCUT2D eigenvalue weighted by Crippen LogP contribution is 2.29. The number of nitrogens with one attached hydrogen (secondary N) is 2. The lowest BCUT2D eigenvalue weighted by Crippen LogP contribution is -2.13. The van der Waals surface area contributed by atoms with Gasteiger partial charge in [-0.15, -0.1) is 11.3 Å². The van der Waals surface area contributed by atoms with Gasteiger partial charge in [-0.25, -0.2) is 4.98 Å². The molecule has 3 rings (SSSR count). The number of rotatable bonds is 4. The molecule has 120 valence electrons. The van der Waals surface area contributed by atoms with Gasteiger partial charge in [-0.2, -0.15) is 5.26 Å². The molecule has 3 aromatic rings. The SMILES string of the molecule is CCc1[nH]c(=O)c(C#N)cc1-c1csc(Nc2ccc(O)cc2)n1. The van der Waals surface area contributed by atoms with Gasteiger partial charge in [0, 0.05) is 22.3 Å². The molecule has 0 aliphatic carbocycles. The van der Waals surface area contributed by atoms with Crippen LogP contribution in [0.15, 0.2) is 40.5 Å². The number of hydrogen-bond donors (Lipinski definition) is 3. The molecule has 0 bridgehead atoms. The maximum atomic E-state index is 11.8. The Kier molecular flexibility index (Phi) is 4.31. The van der Waals surface area contributed by atoms with E-state index < -0.39 is 0 Å². The molecule has 0 aliphatic heterocycles. The molecule has 7 heteroatoms. The van der Waals surface area contributed by atoms with Crippen LogP contribution in [0.3, 0.4) is 0 Å². The van der Waals surface area contributed by atoms with Gasteiger partial charge in [0.1, 0.15) is 17.4 Å². The smallest absolute Gasteiger partial charge is 0.266 e. The summed E-state index contributed by atoms with van der Waals surface area (Å²) in [6, 6.07) is 10.2. The van der Waals surface area contributed by atoms with Crippen LogP contribution >= 0.6 is 11.3 Å². The molecule has 0 radical (unpaired) electrons. The summed E-state index contributed by atoms with van der Waals surface area (Å²) in [4.78, 5) is 19.0. The van der Waals surface area contributed by atoms with E-state index in [0.29, 0.717) is 17.2 Å². The molecule has 0 saturated heterocycles. The molecular formula is C17H14N4O2S. The molecule has 2 aromatic heterocycles. The molecule has 2 heterocycles. The van der Waals surface area contributed by atoms with Crippen molar-refractivity contribution in [3.05, 3.63) is 57.3 Å². The molecule has 0 unspecified atom stereocenters. The van der Waals surface area contributed by atoms with Gasteiger partial charge in [0.15, 0.2) is 5.13 Å². The van der Waals surface area contributed by atoms with E-state index in [1.54, 1.807) is 30.3 Å². The molecule has 0 amide bonds. The van der Waals surface area contributed by atoms with E-state index in [4.69, 9.17) is 5.26 Å². The number of H-pyrrole nitrogens is 1. The highest BCUT2D eigenvalue weighted by molar-refractivity contribution is 7.14. The number of anilines is 2. The second-order valence-electron chi connectivity index (χ2n) is 5.08. The Bertz CT molecular complexity index is 967. The lowest BCUT2D eigenvalue weighted by molar-refractivity contribution is 0.475. The zero-order valence-corrected chi connectivity index (χ0v) is 13.6. The Labute approximate surface area is 142 Å². The second-order valence-corrected chi connectivity index (χ2v) is 5.94. The molecule has 0 spiro atoms. The van der Waals surface area contributed by atoms with Gasteiger partial charge in [-0.1, -0.05) is 6.92 Å². The van der Waals surface area contributed by atoms with Gasteiger partial charge in [-0.05, 0) is 36.8 Å². The average Bonchev–Trinajstić information content (AvgIpc) is 3.05. The summed E-state index contributed by atoms with van der Waals surface area (Å²) >= 11 is 1.42. The van der Waals surface area contributed by atoms with Crippen LogP contribution in [0.5, 0.6) is 5.75 Å². The molecule has 3 N–H and O–H groups in total. The van der Waals surface area contributed by atoms with Crippen LogP contribution in [-0.2, 0) is 6.42 Å². The number of aromatic nitrogens is 2. The summed E-state index contributed by atoms with van der Waals surface area (Å²) in [6.45, 7) is 1.93. The number of nitriles is 1. The van der Waals surface area contributed by atoms with E-state index in [9.17, 15) is 9.90 Å².